The first kappa shape index (κ1) is 75.1. The molecule has 0 spiro atoms. The number of urea groups is 1. The molecule has 10 atom stereocenters. The van der Waals surface area contributed by atoms with Crippen LogP contribution in [0.1, 0.15) is 160 Å². The fourth-order valence-corrected chi connectivity index (χ4v) is 12.9. The molecule has 0 bridgehead atoms. The molecule has 2 saturated heterocycles. The fraction of sp³-hybridized carbons (Fsp3) is 0.514. The minimum atomic E-state index is -1.14. The number of nitrogens with two attached hydrogens (primary N) is 1. The first-order chi connectivity index (χ1) is 46.3. The van der Waals surface area contributed by atoms with E-state index >= 15 is 0 Å². The maximum Gasteiger partial charge on any atom is 0.410 e. The quantitative estimate of drug-likeness (QED) is 0.0194. The molecule has 7 rings (SSSR count). The zero-order chi connectivity index (χ0) is 70.6. The number of hydrogen-bond acceptors (Lipinski definition) is 12. The van der Waals surface area contributed by atoms with Gasteiger partial charge in [-0.3, -0.25) is 43.3 Å². The molecular formula is C74H99N11O12. The molecule has 97 heavy (non-hydrogen) atoms. The van der Waals surface area contributed by atoms with Crippen molar-refractivity contribution in [2.24, 2.45) is 29.4 Å². The standard InChI is InChI=1S/C74H99N11O12/c1-12-48(8)58(36-38-62(87)84-41-21-27-56(84)42-60-69(90)77-49(9)67(97-60)53-24-14-13-15-25-53)82(10)72(93)65(46(4)5)81-71(92)66(47(6)7)83(11)74(95)96-44-50-30-34-55(35-31-50)78-68(89)57(28-20-40-76-73(75)94)79-70(91)64(45(2)3)80-61(86)37-39-63(88)85-43-54-26-17-16-22-51(54)32-33-52-23-18-19-29-59(52)85/h13-19,22-26,29-31,34-35,45-49,56-58,60,64-67H,12,20-21,27-28,36-44H2,1-11H3,(H,77,90)(H,78,89)(H,79,91)(H,80,86)(H,81,92)(H3,75,76,94)/t48-,49+,56+,57+,58+,60+,64?,65?,66-,67+/m0/s1. The SMILES string of the molecule is CC[C@H](C)[C@@H](CCC(=O)N1CCC[C@@H]1C[C@H]1O[C@@H](c2ccccc2)[C@@H](C)NC1=O)N(C)C(=O)C(NC(=O)[C@H](C(C)C)N(C)C(=O)OCc1ccc(NC(=O)[C@@H](CCCNC(N)=O)NC(=O)C(NC(=O)CCC(=O)N2Cc3ccccc3C#Cc3ccccc32)C(C)C)cc1)C(C)C. The molecule has 3 aliphatic heterocycles. The number of primary amides is 1. The highest BCUT2D eigenvalue weighted by Gasteiger charge is 2.41. The second kappa shape index (κ2) is 35.6. The summed E-state index contributed by atoms with van der Waals surface area (Å²) in [5.41, 5.74) is 10.1. The van der Waals surface area contributed by atoms with Crippen LogP contribution >= 0.6 is 0 Å². The number of anilines is 2. The molecule has 4 aromatic carbocycles. The Kier molecular flexibility index (Phi) is 27.6. The van der Waals surface area contributed by atoms with Gasteiger partial charge in [-0.25, -0.2) is 9.59 Å². The Labute approximate surface area is 570 Å². The van der Waals surface area contributed by atoms with Gasteiger partial charge in [-0.2, -0.15) is 0 Å². The number of likely N-dealkylation sites (tertiary alicyclic amines) is 1. The number of likely N-dealkylation sites (N-methyl/N-ethyl adjacent to an activating group) is 2. The molecule has 0 aliphatic carbocycles. The molecule has 8 N–H and O–H groups in total. The maximum absolute atomic E-state index is 14.6. The zero-order valence-electron chi connectivity index (χ0n) is 58.0. The highest BCUT2D eigenvalue weighted by atomic mass is 16.6. The van der Waals surface area contributed by atoms with Crippen LogP contribution in [0.4, 0.5) is 21.0 Å². The minimum absolute atomic E-state index is 0.00157. The summed E-state index contributed by atoms with van der Waals surface area (Å²) in [6, 6.07) is 25.3. The van der Waals surface area contributed by atoms with Gasteiger partial charge in [0.2, 0.25) is 47.3 Å². The second-order valence-corrected chi connectivity index (χ2v) is 26.8. The van der Waals surface area contributed by atoms with Gasteiger partial charge in [-0.15, -0.1) is 0 Å². The Morgan fingerprint density at radius 1 is 0.722 bits per heavy atom. The van der Waals surface area contributed by atoms with E-state index in [2.05, 4.69) is 43.7 Å². The van der Waals surface area contributed by atoms with Crippen LogP contribution in [0, 0.1) is 35.5 Å². The van der Waals surface area contributed by atoms with Crippen molar-refractivity contribution >= 4 is 70.8 Å². The predicted molar refractivity (Wildman–Crippen MR) is 369 cm³/mol. The Balaban J connectivity index is 0.909. The Bertz CT molecular complexity index is 3480. The molecule has 2 fully saturated rings. The molecule has 3 aliphatic rings. The average Bonchev–Trinajstić information content (AvgIpc) is 1.04. The van der Waals surface area contributed by atoms with Crippen LogP contribution in [0.15, 0.2) is 103 Å². The molecule has 0 aromatic heterocycles. The number of morpholine rings is 1. The van der Waals surface area contributed by atoms with Gasteiger partial charge < -0.3 is 61.8 Å². The first-order valence-corrected chi connectivity index (χ1v) is 34.1. The number of hydrogen-bond donors (Lipinski definition) is 7. The third-order valence-corrected chi connectivity index (χ3v) is 18.6. The molecule has 522 valence electrons. The molecule has 2 unspecified atom stereocenters. The number of para-hydroxylation sites is 1. The molecule has 0 saturated carbocycles. The van der Waals surface area contributed by atoms with Gasteiger partial charge in [0.1, 0.15) is 43.0 Å². The largest absolute Gasteiger partial charge is 0.445 e. The van der Waals surface area contributed by atoms with Crippen LogP contribution < -0.4 is 42.5 Å². The lowest BCUT2D eigenvalue weighted by Gasteiger charge is -2.38. The van der Waals surface area contributed by atoms with Crippen molar-refractivity contribution in [3.05, 3.63) is 131 Å². The number of benzene rings is 4. The number of ether oxygens (including phenoxy) is 2. The number of carbonyl (C=O) groups is 10. The second-order valence-electron chi connectivity index (χ2n) is 26.8. The van der Waals surface area contributed by atoms with Gasteiger partial charge in [-0.05, 0) is 110 Å². The van der Waals surface area contributed by atoms with Crippen LogP contribution in [0.3, 0.4) is 0 Å². The van der Waals surface area contributed by atoms with Crippen LogP contribution in [-0.4, -0.2) is 150 Å². The van der Waals surface area contributed by atoms with Gasteiger partial charge >= 0.3 is 12.1 Å². The zero-order valence-corrected chi connectivity index (χ0v) is 58.0. The van der Waals surface area contributed by atoms with Gasteiger partial charge in [0, 0.05) is 81.8 Å². The summed E-state index contributed by atoms with van der Waals surface area (Å²) in [6.07, 6.45) is 1.30. The average molecular weight is 1330 g/mol. The minimum Gasteiger partial charge on any atom is -0.445 e. The molecule has 0 radical (unpaired) electrons. The van der Waals surface area contributed by atoms with Crippen molar-refractivity contribution in [1.82, 2.24) is 41.3 Å². The van der Waals surface area contributed by atoms with Crippen LogP contribution in [0.5, 0.6) is 0 Å². The molecule has 4 aromatic rings. The number of nitrogens with one attached hydrogen (secondary N) is 6. The third-order valence-electron chi connectivity index (χ3n) is 18.6. The van der Waals surface area contributed by atoms with E-state index in [9.17, 15) is 47.9 Å². The summed E-state index contributed by atoms with van der Waals surface area (Å²) >= 11 is 0. The fourth-order valence-electron chi connectivity index (χ4n) is 12.9. The molecule has 23 heteroatoms. The molecule has 11 amide bonds. The van der Waals surface area contributed by atoms with Crippen molar-refractivity contribution < 1.29 is 57.4 Å². The summed E-state index contributed by atoms with van der Waals surface area (Å²) in [5.74, 6) is 1.95. The van der Waals surface area contributed by atoms with Crippen LogP contribution in [0.25, 0.3) is 0 Å². The number of fused-ring (bicyclic) bond motifs is 2. The van der Waals surface area contributed by atoms with E-state index in [1.54, 1.807) is 68.8 Å². The van der Waals surface area contributed by atoms with E-state index in [1.165, 1.54) is 11.9 Å². The summed E-state index contributed by atoms with van der Waals surface area (Å²) < 4.78 is 12.1. The monoisotopic (exact) mass is 1330 g/mol. The van der Waals surface area contributed by atoms with Crippen molar-refractivity contribution in [3.8, 4) is 11.8 Å². The maximum atomic E-state index is 14.6. The highest BCUT2D eigenvalue weighted by Crippen LogP contribution is 2.33. The van der Waals surface area contributed by atoms with Crippen LogP contribution in [-0.2, 0) is 61.0 Å². The summed E-state index contributed by atoms with van der Waals surface area (Å²) in [6.45, 7) is 17.4. The Morgan fingerprint density at radius 3 is 2.05 bits per heavy atom. The van der Waals surface area contributed by atoms with Gasteiger partial charge in [0.15, 0.2) is 0 Å². The molecule has 3 heterocycles. The summed E-state index contributed by atoms with van der Waals surface area (Å²) in [4.78, 5) is 143. The van der Waals surface area contributed by atoms with Gasteiger partial charge in [0.05, 0.1) is 18.3 Å². The number of amides is 11. The van der Waals surface area contributed by atoms with Crippen molar-refractivity contribution in [1.29, 1.82) is 0 Å². The lowest BCUT2D eigenvalue weighted by Crippen LogP contribution is -2.58. The van der Waals surface area contributed by atoms with E-state index in [-0.39, 0.29) is 111 Å². The normalized spacial score (nSPS) is 18.4. The Hall–Kier alpha value is -9.30. The van der Waals surface area contributed by atoms with E-state index in [1.807, 2.05) is 118 Å². The Morgan fingerprint density at radius 2 is 1.38 bits per heavy atom. The topological polar surface area (TPSA) is 300 Å². The van der Waals surface area contributed by atoms with Gasteiger partial charge in [0.25, 0.3) is 0 Å². The lowest BCUT2D eigenvalue weighted by atomic mass is 9.91. The highest BCUT2D eigenvalue weighted by molar-refractivity contribution is 6.00. The lowest BCUT2D eigenvalue weighted by molar-refractivity contribution is -0.153. The van der Waals surface area contributed by atoms with Crippen molar-refractivity contribution in [2.45, 2.75) is 194 Å². The molecular weight excluding hydrogens is 1230 g/mol. The van der Waals surface area contributed by atoms with E-state index in [0.29, 0.717) is 41.9 Å². The number of carbonyl (C=O) groups excluding carboxylic acids is 10. The van der Waals surface area contributed by atoms with E-state index < -0.39 is 77.9 Å². The smallest absolute Gasteiger partial charge is 0.410 e. The number of nitrogens with zero attached hydrogens (tertiary/aromatic N) is 4. The molecule has 23 nitrogen and oxygen atoms in total. The first-order valence-electron chi connectivity index (χ1n) is 34.1. The van der Waals surface area contributed by atoms with Crippen molar-refractivity contribution in [3.63, 3.8) is 0 Å². The van der Waals surface area contributed by atoms with Crippen LogP contribution in [0.2, 0.25) is 0 Å². The van der Waals surface area contributed by atoms with E-state index in [4.69, 9.17) is 15.2 Å². The third kappa shape index (κ3) is 20.6. The summed E-state index contributed by atoms with van der Waals surface area (Å²) in [7, 11) is 3.16. The van der Waals surface area contributed by atoms with Gasteiger partial charge in [-0.1, -0.05) is 146 Å². The predicted octanol–water partition coefficient (Wildman–Crippen LogP) is 7.84. The number of rotatable bonds is 30. The van der Waals surface area contributed by atoms with E-state index in [0.717, 1.165) is 36.0 Å². The summed E-state index contributed by atoms with van der Waals surface area (Å²) in [5, 5.41) is 16.9. The van der Waals surface area contributed by atoms with Crippen molar-refractivity contribution in [2.75, 3.05) is 37.4 Å².